The number of carbonyl (C=O) groups excluding carboxylic acids is 1. The largest absolute Gasteiger partial charge is 0.330 e. The second kappa shape index (κ2) is 6.48. The SMILES string of the molecule is CC(C)(C)CC(CN)C(=O)Nc1cc(Br)ccc1F. The lowest BCUT2D eigenvalue weighted by Gasteiger charge is -2.24. The van der Waals surface area contributed by atoms with Crippen LogP contribution in [0.25, 0.3) is 0 Å². The average Bonchev–Trinajstić information content (AvgIpc) is 2.29. The summed E-state index contributed by atoms with van der Waals surface area (Å²) in [6, 6.07) is 4.43. The zero-order valence-electron chi connectivity index (χ0n) is 11.5. The third kappa shape index (κ3) is 5.28. The van der Waals surface area contributed by atoms with Crippen molar-refractivity contribution in [3.05, 3.63) is 28.5 Å². The van der Waals surface area contributed by atoms with Crippen LogP contribution in [-0.2, 0) is 4.79 Å². The molecule has 1 aromatic carbocycles. The van der Waals surface area contributed by atoms with Crippen molar-refractivity contribution in [3.8, 4) is 0 Å². The summed E-state index contributed by atoms with van der Waals surface area (Å²) in [6.45, 7) is 6.38. The molecule has 5 heteroatoms. The predicted molar refractivity (Wildman–Crippen MR) is 79.3 cm³/mol. The van der Waals surface area contributed by atoms with Crippen LogP contribution < -0.4 is 11.1 Å². The molecule has 0 aliphatic carbocycles. The van der Waals surface area contributed by atoms with E-state index in [1.165, 1.54) is 12.1 Å². The number of nitrogens with one attached hydrogen (secondary N) is 1. The van der Waals surface area contributed by atoms with Gasteiger partial charge in [0.25, 0.3) is 0 Å². The summed E-state index contributed by atoms with van der Waals surface area (Å²) in [5, 5.41) is 2.60. The lowest BCUT2D eigenvalue weighted by molar-refractivity contribution is -0.120. The fraction of sp³-hybridized carbons (Fsp3) is 0.500. The van der Waals surface area contributed by atoms with E-state index in [-0.39, 0.29) is 29.5 Å². The van der Waals surface area contributed by atoms with Crippen LogP contribution in [0.1, 0.15) is 27.2 Å². The van der Waals surface area contributed by atoms with Crippen LogP contribution in [0.2, 0.25) is 0 Å². The molecule has 1 unspecified atom stereocenters. The summed E-state index contributed by atoms with van der Waals surface area (Å²) < 4.78 is 14.3. The van der Waals surface area contributed by atoms with Gasteiger partial charge in [-0.1, -0.05) is 36.7 Å². The lowest BCUT2D eigenvalue weighted by Crippen LogP contribution is -2.32. The number of hydrogen-bond donors (Lipinski definition) is 2. The highest BCUT2D eigenvalue weighted by Crippen LogP contribution is 2.26. The van der Waals surface area contributed by atoms with Gasteiger partial charge in [0.2, 0.25) is 5.91 Å². The average molecular weight is 331 g/mol. The fourth-order valence-electron chi connectivity index (χ4n) is 1.85. The summed E-state index contributed by atoms with van der Waals surface area (Å²) in [6.07, 6.45) is 0.658. The van der Waals surface area contributed by atoms with Gasteiger partial charge >= 0.3 is 0 Å². The summed E-state index contributed by atoms with van der Waals surface area (Å²) in [5.74, 6) is -1.02. The molecule has 0 aromatic heterocycles. The third-order valence-electron chi connectivity index (χ3n) is 2.70. The van der Waals surface area contributed by atoms with Gasteiger partial charge in [-0.15, -0.1) is 0 Å². The van der Waals surface area contributed by atoms with E-state index >= 15 is 0 Å². The Bertz CT molecular complexity index is 457. The van der Waals surface area contributed by atoms with Crippen LogP contribution in [0, 0.1) is 17.2 Å². The molecular formula is C14H20BrFN2O. The molecule has 0 fully saturated rings. The van der Waals surface area contributed by atoms with Crippen LogP contribution in [-0.4, -0.2) is 12.5 Å². The van der Waals surface area contributed by atoms with Gasteiger partial charge in [-0.2, -0.15) is 0 Å². The third-order valence-corrected chi connectivity index (χ3v) is 3.19. The Hall–Kier alpha value is -0.940. The van der Waals surface area contributed by atoms with Gasteiger partial charge in [-0.3, -0.25) is 4.79 Å². The molecular weight excluding hydrogens is 311 g/mol. The molecule has 106 valence electrons. The van der Waals surface area contributed by atoms with E-state index in [1.807, 2.05) is 20.8 Å². The Labute approximate surface area is 121 Å². The molecule has 1 aromatic rings. The van der Waals surface area contributed by atoms with E-state index in [0.29, 0.717) is 10.9 Å². The molecule has 0 radical (unpaired) electrons. The van der Waals surface area contributed by atoms with Crippen molar-refractivity contribution in [2.24, 2.45) is 17.1 Å². The first-order chi connectivity index (χ1) is 8.73. The predicted octanol–water partition coefficient (Wildman–Crippen LogP) is 3.54. The van der Waals surface area contributed by atoms with E-state index in [4.69, 9.17) is 5.73 Å². The molecule has 1 rings (SSSR count). The number of halogens is 2. The second-order valence-corrected chi connectivity index (χ2v) is 6.73. The maximum Gasteiger partial charge on any atom is 0.228 e. The minimum absolute atomic E-state index is 0.00279. The molecule has 0 spiro atoms. The molecule has 0 saturated heterocycles. The number of hydrogen-bond acceptors (Lipinski definition) is 2. The van der Waals surface area contributed by atoms with Crippen molar-refractivity contribution in [1.82, 2.24) is 0 Å². The second-order valence-electron chi connectivity index (χ2n) is 5.81. The number of benzene rings is 1. The van der Waals surface area contributed by atoms with Crippen molar-refractivity contribution >= 4 is 27.5 Å². The van der Waals surface area contributed by atoms with E-state index in [2.05, 4.69) is 21.2 Å². The molecule has 0 aliphatic rings. The van der Waals surface area contributed by atoms with Crippen LogP contribution in [0.3, 0.4) is 0 Å². The van der Waals surface area contributed by atoms with E-state index in [1.54, 1.807) is 6.07 Å². The highest BCUT2D eigenvalue weighted by Gasteiger charge is 2.24. The van der Waals surface area contributed by atoms with E-state index in [0.717, 1.165) is 0 Å². The molecule has 3 nitrogen and oxygen atoms in total. The Morgan fingerprint density at radius 2 is 2.11 bits per heavy atom. The molecule has 0 aliphatic heterocycles. The minimum Gasteiger partial charge on any atom is -0.330 e. The summed E-state index contributed by atoms with van der Waals surface area (Å²) in [7, 11) is 0. The van der Waals surface area contributed by atoms with Crippen molar-refractivity contribution in [1.29, 1.82) is 0 Å². The van der Waals surface area contributed by atoms with E-state index < -0.39 is 5.82 Å². The lowest BCUT2D eigenvalue weighted by atomic mass is 9.84. The van der Waals surface area contributed by atoms with Gasteiger partial charge in [0.05, 0.1) is 11.6 Å². The van der Waals surface area contributed by atoms with Gasteiger partial charge in [0, 0.05) is 11.0 Å². The quantitative estimate of drug-likeness (QED) is 0.887. The van der Waals surface area contributed by atoms with Crippen molar-refractivity contribution in [3.63, 3.8) is 0 Å². The maximum atomic E-state index is 13.6. The Kier molecular flexibility index (Phi) is 5.50. The molecule has 0 heterocycles. The van der Waals surface area contributed by atoms with Crippen molar-refractivity contribution in [2.75, 3.05) is 11.9 Å². The van der Waals surface area contributed by atoms with Gasteiger partial charge in [-0.25, -0.2) is 4.39 Å². The zero-order chi connectivity index (χ0) is 14.6. The first-order valence-electron chi connectivity index (χ1n) is 6.19. The number of rotatable bonds is 4. The fourth-order valence-corrected chi connectivity index (χ4v) is 2.21. The molecule has 3 N–H and O–H groups in total. The Morgan fingerprint density at radius 1 is 1.47 bits per heavy atom. The van der Waals surface area contributed by atoms with Gasteiger partial charge in [0.1, 0.15) is 5.82 Å². The summed E-state index contributed by atoms with van der Waals surface area (Å²) >= 11 is 3.25. The number of carbonyl (C=O) groups is 1. The number of anilines is 1. The van der Waals surface area contributed by atoms with Gasteiger partial charge in [-0.05, 0) is 30.0 Å². The molecule has 0 saturated carbocycles. The first-order valence-corrected chi connectivity index (χ1v) is 6.98. The van der Waals surface area contributed by atoms with Crippen LogP contribution in [0.15, 0.2) is 22.7 Å². The van der Waals surface area contributed by atoms with Crippen LogP contribution in [0.5, 0.6) is 0 Å². The highest BCUT2D eigenvalue weighted by atomic mass is 79.9. The highest BCUT2D eigenvalue weighted by molar-refractivity contribution is 9.10. The molecule has 19 heavy (non-hydrogen) atoms. The van der Waals surface area contributed by atoms with Crippen molar-refractivity contribution < 1.29 is 9.18 Å². The van der Waals surface area contributed by atoms with Gasteiger partial charge < -0.3 is 11.1 Å². The number of nitrogens with two attached hydrogens (primary N) is 1. The zero-order valence-corrected chi connectivity index (χ0v) is 13.1. The minimum atomic E-state index is -0.455. The summed E-state index contributed by atoms with van der Waals surface area (Å²) in [5.41, 5.74) is 5.81. The van der Waals surface area contributed by atoms with Crippen LogP contribution in [0.4, 0.5) is 10.1 Å². The standard InChI is InChI=1S/C14H20BrFN2O/c1-14(2,3)7-9(8-17)13(19)18-12-6-10(15)4-5-11(12)16/h4-6,9H,7-8,17H2,1-3H3,(H,18,19). The smallest absolute Gasteiger partial charge is 0.228 e. The molecule has 0 bridgehead atoms. The summed E-state index contributed by atoms with van der Waals surface area (Å²) in [4.78, 5) is 12.1. The Balaban J connectivity index is 2.80. The Morgan fingerprint density at radius 3 is 2.63 bits per heavy atom. The monoisotopic (exact) mass is 330 g/mol. The van der Waals surface area contributed by atoms with Gasteiger partial charge in [0.15, 0.2) is 0 Å². The normalized spacial score (nSPS) is 13.2. The van der Waals surface area contributed by atoms with Crippen molar-refractivity contribution in [2.45, 2.75) is 27.2 Å². The van der Waals surface area contributed by atoms with Crippen LogP contribution >= 0.6 is 15.9 Å². The molecule has 1 atom stereocenters. The van der Waals surface area contributed by atoms with E-state index in [9.17, 15) is 9.18 Å². The first kappa shape index (κ1) is 16.1. The maximum absolute atomic E-state index is 13.6. The number of amides is 1. The topological polar surface area (TPSA) is 55.1 Å². The molecule has 1 amide bonds.